The largest absolute Gasteiger partial charge is 0.455 e. The van der Waals surface area contributed by atoms with Gasteiger partial charge in [0.05, 0.1) is 21.2 Å². The van der Waals surface area contributed by atoms with Crippen molar-refractivity contribution >= 4 is 97.5 Å². The molecular formula is C43H23Br2NO3. The van der Waals surface area contributed by atoms with E-state index in [0.717, 1.165) is 108 Å². The summed E-state index contributed by atoms with van der Waals surface area (Å²) in [5.74, 6) is 0. The van der Waals surface area contributed by atoms with Crippen molar-refractivity contribution in [3.05, 3.63) is 159 Å². The second-order valence-corrected chi connectivity index (χ2v) is 14.5. The van der Waals surface area contributed by atoms with Crippen LogP contribution in [0.5, 0.6) is 0 Å². The number of furan rings is 2. The Balaban J connectivity index is 1.35. The van der Waals surface area contributed by atoms with E-state index in [1.807, 2.05) is 54.6 Å². The van der Waals surface area contributed by atoms with Gasteiger partial charge in [0.25, 0.3) is 0 Å². The van der Waals surface area contributed by atoms with Crippen LogP contribution in [0.1, 0.15) is 16.7 Å². The molecule has 7 aromatic carbocycles. The summed E-state index contributed by atoms with van der Waals surface area (Å²) in [7, 11) is 0. The fraction of sp³-hybridized carbons (Fsp3) is 0.0233. The van der Waals surface area contributed by atoms with Crippen molar-refractivity contribution in [2.75, 3.05) is 0 Å². The highest BCUT2D eigenvalue weighted by atomic mass is 79.9. The molecule has 0 amide bonds. The van der Waals surface area contributed by atoms with Crippen LogP contribution in [-0.2, 0) is 5.60 Å². The summed E-state index contributed by atoms with van der Waals surface area (Å²) in [4.78, 5) is 0. The number of para-hydroxylation sites is 5. The van der Waals surface area contributed by atoms with Crippen LogP contribution < -0.4 is 0 Å². The first kappa shape index (κ1) is 27.8. The van der Waals surface area contributed by atoms with Crippen LogP contribution in [0.3, 0.4) is 0 Å². The van der Waals surface area contributed by atoms with Gasteiger partial charge in [-0.2, -0.15) is 0 Å². The summed E-state index contributed by atoms with van der Waals surface area (Å²) in [5, 5.41) is 20.0. The van der Waals surface area contributed by atoms with Gasteiger partial charge < -0.3 is 18.5 Å². The van der Waals surface area contributed by atoms with Gasteiger partial charge in [0.15, 0.2) is 0 Å². The van der Waals surface area contributed by atoms with Crippen LogP contribution in [0.4, 0.5) is 0 Å². The third kappa shape index (κ3) is 3.46. The average molecular weight is 761 g/mol. The Bertz CT molecular complexity index is 3000. The third-order valence-electron chi connectivity index (χ3n) is 10.3. The summed E-state index contributed by atoms with van der Waals surface area (Å²) in [6, 6.07) is 45.5. The molecule has 0 fully saturated rings. The quantitative estimate of drug-likeness (QED) is 0.191. The van der Waals surface area contributed by atoms with E-state index in [0.29, 0.717) is 0 Å². The molecule has 0 aliphatic heterocycles. The van der Waals surface area contributed by atoms with Gasteiger partial charge in [-0.3, -0.25) is 0 Å². The average Bonchev–Trinajstić information content (AvgIpc) is 3.87. The van der Waals surface area contributed by atoms with E-state index >= 15 is 0 Å². The zero-order valence-corrected chi connectivity index (χ0v) is 28.8. The normalized spacial score (nSPS) is 15.7. The number of halogens is 2. The first-order valence-corrected chi connectivity index (χ1v) is 17.7. The summed E-state index contributed by atoms with van der Waals surface area (Å²) in [6.45, 7) is 0. The minimum Gasteiger partial charge on any atom is -0.455 e. The summed E-state index contributed by atoms with van der Waals surface area (Å²) >= 11 is 7.80. The van der Waals surface area contributed by atoms with Crippen LogP contribution in [-0.4, -0.2) is 9.67 Å². The van der Waals surface area contributed by atoms with E-state index in [4.69, 9.17) is 8.83 Å². The Kier molecular flexibility index (Phi) is 5.51. The lowest BCUT2D eigenvalue weighted by molar-refractivity contribution is 0.130. The van der Waals surface area contributed by atoms with Crippen LogP contribution in [0.25, 0.3) is 82.5 Å². The smallest absolute Gasteiger partial charge is 0.150 e. The number of hydrogen-bond acceptors (Lipinski definition) is 3. The second-order valence-electron chi connectivity index (χ2n) is 12.8. The molecule has 11 rings (SSSR count). The van der Waals surface area contributed by atoms with Crippen LogP contribution in [0.15, 0.2) is 151 Å². The maximum absolute atomic E-state index is 13.8. The number of fused-ring (bicyclic) bond motifs is 14. The van der Waals surface area contributed by atoms with Gasteiger partial charge in [-0.15, -0.1) is 0 Å². The van der Waals surface area contributed by atoms with Crippen LogP contribution in [0.2, 0.25) is 0 Å². The molecule has 0 bridgehead atoms. The first-order chi connectivity index (χ1) is 24.0. The van der Waals surface area contributed by atoms with Gasteiger partial charge in [0.2, 0.25) is 0 Å². The number of benzene rings is 7. The van der Waals surface area contributed by atoms with Crippen LogP contribution >= 0.6 is 31.9 Å². The van der Waals surface area contributed by atoms with Gasteiger partial charge >= 0.3 is 0 Å². The number of rotatable bonds is 2. The predicted octanol–water partition coefficient (Wildman–Crippen LogP) is 12.4. The van der Waals surface area contributed by atoms with Crippen molar-refractivity contribution in [3.63, 3.8) is 0 Å². The Morgan fingerprint density at radius 2 is 1.00 bits per heavy atom. The molecule has 232 valence electrons. The van der Waals surface area contributed by atoms with Gasteiger partial charge in [-0.1, -0.05) is 91.0 Å². The standard InChI is InChI=1S/C43H23Br2NO3/c44-30-21-29-40(42-37(30)25-13-3-9-19-35(25)49-42)39-28(22-31(45)41-38(39)26-14-4-10-20-36(26)48-41)43(29,47)27-15-5-8-18-34(27)46-32-16-6-1-11-23(32)24-12-2-7-17-33(24)46/h1-22,47H. The molecule has 1 aliphatic rings. The predicted molar refractivity (Wildman–Crippen MR) is 205 cm³/mol. The van der Waals surface area contributed by atoms with Crippen molar-refractivity contribution in [3.8, 4) is 16.8 Å². The number of aliphatic hydroxyl groups is 1. The topological polar surface area (TPSA) is 51.4 Å². The second kappa shape index (κ2) is 9.73. The highest BCUT2D eigenvalue weighted by molar-refractivity contribution is 9.11. The van der Waals surface area contributed by atoms with Crippen molar-refractivity contribution in [1.82, 2.24) is 4.57 Å². The molecule has 1 atom stereocenters. The van der Waals surface area contributed by atoms with Gasteiger partial charge in [0, 0.05) is 64.6 Å². The highest BCUT2D eigenvalue weighted by Crippen LogP contribution is 2.60. The molecule has 0 radical (unpaired) electrons. The molecule has 1 unspecified atom stereocenters. The Morgan fingerprint density at radius 3 is 1.69 bits per heavy atom. The monoisotopic (exact) mass is 759 g/mol. The molecule has 1 N–H and O–H groups in total. The van der Waals surface area contributed by atoms with Crippen molar-refractivity contribution in [2.24, 2.45) is 0 Å². The summed E-state index contributed by atoms with van der Waals surface area (Å²) < 4.78 is 17.2. The summed E-state index contributed by atoms with van der Waals surface area (Å²) in [5.41, 5.74) is 8.57. The Labute approximate surface area is 296 Å². The van der Waals surface area contributed by atoms with Crippen molar-refractivity contribution in [1.29, 1.82) is 0 Å². The van der Waals surface area contributed by atoms with Crippen molar-refractivity contribution in [2.45, 2.75) is 5.60 Å². The lowest BCUT2D eigenvalue weighted by Crippen LogP contribution is -2.28. The molecule has 3 aromatic heterocycles. The molecule has 3 heterocycles. The number of hydrogen-bond donors (Lipinski definition) is 1. The van der Waals surface area contributed by atoms with E-state index in [1.54, 1.807) is 0 Å². The van der Waals surface area contributed by atoms with E-state index in [1.165, 1.54) is 0 Å². The molecule has 4 nitrogen and oxygen atoms in total. The van der Waals surface area contributed by atoms with E-state index in [-0.39, 0.29) is 0 Å². The van der Waals surface area contributed by atoms with E-state index in [2.05, 4.69) is 115 Å². The molecular weight excluding hydrogens is 738 g/mol. The minimum absolute atomic E-state index is 0.728. The SMILES string of the molecule is OC1(c2ccccc2-n2c3ccccc3c3ccccc32)c2cc(Br)c3c(oc4ccccc43)c2-c2c1cc(Br)c1oc3ccccc3c21. The highest BCUT2D eigenvalue weighted by Gasteiger charge is 2.48. The molecule has 10 aromatic rings. The summed E-state index contributed by atoms with van der Waals surface area (Å²) in [6.07, 6.45) is 0. The Hall–Kier alpha value is -5.14. The number of aromatic nitrogens is 1. The van der Waals surface area contributed by atoms with Gasteiger partial charge in [-0.25, -0.2) is 0 Å². The third-order valence-corrected chi connectivity index (χ3v) is 11.6. The fourth-order valence-electron chi connectivity index (χ4n) is 8.38. The lowest BCUT2D eigenvalue weighted by Gasteiger charge is -2.30. The lowest BCUT2D eigenvalue weighted by atomic mass is 9.82. The zero-order chi connectivity index (χ0) is 32.6. The zero-order valence-electron chi connectivity index (χ0n) is 25.7. The van der Waals surface area contributed by atoms with E-state index < -0.39 is 5.60 Å². The molecule has 0 saturated heterocycles. The fourth-order valence-corrected chi connectivity index (χ4v) is 9.51. The molecule has 49 heavy (non-hydrogen) atoms. The maximum Gasteiger partial charge on any atom is 0.150 e. The van der Waals surface area contributed by atoms with Crippen molar-refractivity contribution < 1.29 is 13.9 Å². The van der Waals surface area contributed by atoms with E-state index in [9.17, 15) is 5.11 Å². The molecule has 0 saturated carbocycles. The number of nitrogens with zero attached hydrogens (tertiary/aromatic N) is 1. The minimum atomic E-state index is -1.57. The maximum atomic E-state index is 13.8. The Morgan fingerprint density at radius 1 is 0.490 bits per heavy atom. The van der Waals surface area contributed by atoms with Crippen LogP contribution in [0, 0.1) is 0 Å². The first-order valence-electron chi connectivity index (χ1n) is 16.1. The van der Waals surface area contributed by atoms with Gasteiger partial charge in [0.1, 0.15) is 27.9 Å². The molecule has 6 heteroatoms. The molecule has 0 spiro atoms. The van der Waals surface area contributed by atoms with Gasteiger partial charge in [-0.05, 0) is 74.3 Å². The molecule has 1 aliphatic carbocycles.